The van der Waals surface area contributed by atoms with Crippen molar-refractivity contribution in [1.82, 2.24) is 0 Å². The number of azo groups is 1. The van der Waals surface area contributed by atoms with E-state index in [-0.39, 0.29) is 10.6 Å². The lowest BCUT2D eigenvalue weighted by Crippen LogP contribution is -2.01. The molecule has 0 atom stereocenters. The van der Waals surface area contributed by atoms with Crippen molar-refractivity contribution in [3.8, 4) is 0 Å². The van der Waals surface area contributed by atoms with Gasteiger partial charge in [-0.1, -0.05) is 17.7 Å². The summed E-state index contributed by atoms with van der Waals surface area (Å²) < 4.78 is 28.0. The summed E-state index contributed by atoms with van der Waals surface area (Å²) >= 11 is 0. The highest BCUT2D eigenvalue weighted by molar-refractivity contribution is 8.19. The lowest BCUT2D eigenvalue weighted by atomic mass is 10.2. The van der Waals surface area contributed by atoms with Crippen LogP contribution in [0.5, 0.6) is 0 Å². The van der Waals surface area contributed by atoms with Gasteiger partial charge in [0.25, 0.3) is 0 Å². The molecule has 7 heteroatoms. The highest BCUT2D eigenvalue weighted by Gasteiger charge is 2.20. The van der Waals surface area contributed by atoms with E-state index in [1.165, 1.54) is 12.1 Å². The van der Waals surface area contributed by atoms with Crippen LogP contribution in [0.3, 0.4) is 0 Å². The first-order chi connectivity index (χ1) is 9.77. The molecule has 2 aromatic rings. The average molecular weight is 307 g/mol. The number of nitrogens with zero attached hydrogens (tertiary/aromatic N) is 2. The van der Waals surface area contributed by atoms with Gasteiger partial charge in [0.15, 0.2) is 0 Å². The highest BCUT2D eigenvalue weighted by atomic mass is 32.3. The number of anilines is 1. The van der Waals surface area contributed by atoms with Crippen LogP contribution >= 0.6 is 10.9 Å². The fourth-order valence-electron chi connectivity index (χ4n) is 1.77. The molecular formula is C14H17N3O3S. The second-order valence-corrected chi connectivity index (χ2v) is 6.21. The summed E-state index contributed by atoms with van der Waals surface area (Å²) in [7, 11) is -3.89. The molecule has 21 heavy (non-hydrogen) atoms. The summed E-state index contributed by atoms with van der Waals surface area (Å²) in [6.45, 7) is 3.75. The maximum atomic E-state index is 9.34. The van der Waals surface area contributed by atoms with Gasteiger partial charge in [-0.05, 0) is 43.7 Å². The Bertz CT molecular complexity index is 679. The Labute approximate surface area is 124 Å². The van der Waals surface area contributed by atoms with Crippen LogP contribution in [0.4, 0.5) is 17.1 Å². The predicted octanol–water partition coefficient (Wildman–Crippen LogP) is 4.88. The minimum absolute atomic E-state index is 0.101. The molecule has 6 nitrogen and oxygen atoms in total. The molecular weight excluding hydrogens is 290 g/mol. The summed E-state index contributed by atoms with van der Waals surface area (Å²) in [6.07, 6.45) is 0. The number of nitrogen functional groups attached to an aromatic ring is 1. The molecule has 0 amide bonds. The maximum Gasteiger partial charge on any atom is 0.115 e. The van der Waals surface area contributed by atoms with E-state index in [1.807, 2.05) is 31.2 Å². The minimum Gasteiger partial charge on any atom is -0.398 e. The number of hydrogen-bond donors (Lipinski definition) is 4. The van der Waals surface area contributed by atoms with Crippen LogP contribution in [-0.2, 0) is 0 Å². The zero-order valence-electron chi connectivity index (χ0n) is 11.7. The molecule has 2 rings (SSSR count). The molecule has 0 radical (unpaired) electrons. The number of benzene rings is 2. The molecule has 0 bridgehead atoms. The molecule has 0 unspecified atom stereocenters. The summed E-state index contributed by atoms with van der Waals surface area (Å²) in [5.41, 5.74) is 8.69. The van der Waals surface area contributed by atoms with E-state index in [2.05, 4.69) is 10.2 Å². The van der Waals surface area contributed by atoms with Crippen molar-refractivity contribution in [2.75, 3.05) is 5.73 Å². The lowest BCUT2D eigenvalue weighted by Gasteiger charge is -2.21. The van der Waals surface area contributed by atoms with Gasteiger partial charge in [0.2, 0.25) is 0 Å². The number of hydrogen-bond acceptors (Lipinski definition) is 6. The summed E-state index contributed by atoms with van der Waals surface area (Å²) in [6, 6.07) is 10.3. The molecule has 112 valence electrons. The minimum atomic E-state index is -3.89. The zero-order chi connectivity index (χ0) is 15.6. The summed E-state index contributed by atoms with van der Waals surface area (Å²) in [5.74, 6) is 0. The van der Waals surface area contributed by atoms with Crippen LogP contribution in [0.2, 0.25) is 0 Å². The molecule has 0 aliphatic rings. The average Bonchev–Trinajstić information content (AvgIpc) is 2.38. The molecule has 0 saturated heterocycles. The van der Waals surface area contributed by atoms with E-state index in [0.29, 0.717) is 11.4 Å². The van der Waals surface area contributed by atoms with Gasteiger partial charge >= 0.3 is 0 Å². The van der Waals surface area contributed by atoms with Crippen molar-refractivity contribution in [2.45, 2.75) is 18.7 Å². The molecule has 0 spiro atoms. The van der Waals surface area contributed by atoms with Crippen LogP contribution < -0.4 is 5.73 Å². The SMILES string of the molecule is Cc1ccc(N=Nc2cc(S(O)(O)O)c(N)cc2C)cc1. The second-order valence-electron chi connectivity index (χ2n) is 4.73. The normalized spacial score (nSPS) is 12.8. The van der Waals surface area contributed by atoms with Crippen molar-refractivity contribution >= 4 is 27.9 Å². The number of nitrogens with two attached hydrogens (primary N) is 1. The van der Waals surface area contributed by atoms with E-state index >= 15 is 0 Å². The van der Waals surface area contributed by atoms with Crippen LogP contribution in [0.15, 0.2) is 51.5 Å². The monoisotopic (exact) mass is 307 g/mol. The van der Waals surface area contributed by atoms with Gasteiger partial charge in [-0.2, -0.15) is 10.2 Å². The van der Waals surface area contributed by atoms with Gasteiger partial charge in [-0.3, -0.25) is 0 Å². The molecule has 0 fully saturated rings. The van der Waals surface area contributed by atoms with Gasteiger partial charge < -0.3 is 19.4 Å². The van der Waals surface area contributed by atoms with Crippen LogP contribution in [0.25, 0.3) is 0 Å². The van der Waals surface area contributed by atoms with Crippen LogP contribution in [0.1, 0.15) is 11.1 Å². The topological polar surface area (TPSA) is 111 Å². The van der Waals surface area contributed by atoms with E-state index in [9.17, 15) is 13.7 Å². The predicted molar refractivity (Wildman–Crippen MR) is 84.7 cm³/mol. The van der Waals surface area contributed by atoms with Crippen molar-refractivity contribution in [3.05, 3.63) is 47.5 Å². The second kappa shape index (κ2) is 5.82. The third-order valence-corrected chi connectivity index (χ3v) is 3.87. The van der Waals surface area contributed by atoms with E-state index in [1.54, 1.807) is 6.92 Å². The van der Waals surface area contributed by atoms with Gasteiger partial charge in [0, 0.05) is 0 Å². The van der Waals surface area contributed by atoms with Crippen molar-refractivity contribution in [3.63, 3.8) is 0 Å². The van der Waals surface area contributed by atoms with Crippen LogP contribution in [0, 0.1) is 13.8 Å². The Morgan fingerprint density at radius 2 is 1.57 bits per heavy atom. The Hall–Kier alpha value is -1.93. The third-order valence-electron chi connectivity index (χ3n) is 2.93. The van der Waals surface area contributed by atoms with Gasteiger partial charge in [0.1, 0.15) is 10.9 Å². The molecule has 5 N–H and O–H groups in total. The Kier molecular flexibility index (Phi) is 4.29. The fraction of sp³-hybridized carbons (Fsp3) is 0.143. The molecule has 2 aromatic carbocycles. The summed E-state index contributed by atoms with van der Waals surface area (Å²) in [5, 5.41) is 8.15. The fourth-order valence-corrected chi connectivity index (χ4v) is 2.41. The van der Waals surface area contributed by atoms with Crippen molar-refractivity contribution in [2.24, 2.45) is 10.2 Å². The first kappa shape index (κ1) is 15.5. The molecule has 0 aliphatic carbocycles. The van der Waals surface area contributed by atoms with E-state index in [0.717, 1.165) is 11.1 Å². The Morgan fingerprint density at radius 3 is 2.14 bits per heavy atom. The van der Waals surface area contributed by atoms with Gasteiger partial charge in [-0.25, -0.2) is 0 Å². The van der Waals surface area contributed by atoms with E-state index in [4.69, 9.17) is 5.73 Å². The molecule has 0 saturated carbocycles. The standard InChI is InChI=1S/C14H17N3O3S/c1-9-3-5-11(6-4-9)16-17-13-8-14(21(18,19)20)12(15)7-10(13)2/h3-8,18-20H,15H2,1-2H3. The zero-order valence-corrected chi connectivity index (χ0v) is 12.5. The maximum absolute atomic E-state index is 9.34. The number of rotatable bonds is 3. The van der Waals surface area contributed by atoms with Crippen molar-refractivity contribution in [1.29, 1.82) is 0 Å². The van der Waals surface area contributed by atoms with Gasteiger partial charge in [0.05, 0.1) is 22.0 Å². The third kappa shape index (κ3) is 3.79. The Balaban J connectivity index is 2.38. The van der Waals surface area contributed by atoms with E-state index < -0.39 is 10.9 Å². The smallest absolute Gasteiger partial charge is 0.115 e. The highest BCUT2D eigenvalue weighted by Crippen LogP contribution is 2.48. The molecule has 0 heterocycles. The summed E-state index contributed by atoms with van der Waals surface area (Å²) in [4.78, 5) is -0.147. The molecule has 0 aliphatic heterocycles. The molecule has 0 aromatic heterocycles. The number of aryl methyl sites for hydroxylation is 2. The quantitative estimate of drug-likeness (QED) is 0.478. The first-order valence-corrected chi connectivity index (χ1v) is 7.67. The largest absolute Gasteiger partial charge is 0.398 e. The van der Waals surface area contributed by atoms with Crippen LogP contribution in [-0.4, -0.2) is 13.7 Å². The Morgan fingerprint density at radius 1 is 0.952 bits per heavy atom. The lowest BCUT2D eigenvalue weighted by molar-refractivity contribution is 0.376. The van der Waals surface area contributed by atoms with Gasteiger partial charge in [-0.15, -0.1) is 0 Å². The first-order valence-electron chi connectivity index (χ1n) is 6.16. The van der Waals surface area contributed by atoms with Crippen molar-refractivity contribution < 1.29 is 13.7 Å².